The zero-order valence-electron chi connectivity index (χ0n) is 18.6. The van der Waals surface area contributed by atoms with Crippen molar-refractivity contribution in [3.63, 3.8) is 0 Å². The van der Waals surface area contributed by atoms with Crippen LogP contribution in [-0.2, 0) is 0 Å². The second-order valence-corrected chi connectivity index (χ2v) is 7.88. The lowest BCUT2D eigenvalue weighted by Gasteiger charge is -2.23. The van der Waals surface area contributed by atoms with Gasteiger partial charge in [-0.1, -0.05) is 13.8 Å². The molecule has 0 bridgehead atoms. The summed E-state index contributed by atoms with van der Waals surface area (Å²) >= 11 is 0. The highest BCUT2D eigenvalue weighted by molar-refractivity contribution is 5.76. The Morgan fingerprint density at radius 3 is 2.35 bits per heavy atom. The third kappa shape index (κ3) is 5.21. The number of hydrogen-bond donors (Lipinski definition) is 1. The zero-order chi connectivity index (χ0) is 22.5. The minimum atomic E-state index is -0.980. The van der Waals surface area contributed by atoms with Crippen molar-refractivity contribution >= 4 is 11.0 Å². The average Bonchev–Trinajstić information content (AvgIpc) is 3.16. The first-order valence-corrected chi connectivity index (χ1v) is 10.7. The van der Waals surface area contributed by atoms with Gasteiger partial charge in [-0.05, 0) is 69.4 Å². The summed E-state index contributed by atoms with van der Waals surface area (Å²) in [5.74, 6) is 0.692. The van der Waals surface area contributed by atoms with Gasteiger partial charge in [0.25, 0.3) is 6.04 Å². The van der Waals surface area contributed by atoms with Gasteiger partial charge in [0.1, 0.15) is 5.75 Å². The fraction of sp³-hybridized carbons (Fsp3) is 0.435. The van der Waals surface area contributed by atoms with Gasteiger partial charge >= 0.3 is 0 Å². The number of likely N-dealkylation sites (N-methyl/N-ethyl adjacent to an activating group) is 1. The predicted molar refractivity (Wildman–Crippen MR) is 122 cm³/mol. The van der Waals surface area contributed by atoms with E-state index in [2.05, 4.69) is 23.7 Å². The van der Waals surface area contributed by atoms with Crippen molar-refractivity contribution in [1.29, 1.82) is 0 Å². The molecule has 31 heavy (non-hydrogen) atoms. The van der Waals surface area contributed by atoms with E-state index in [1.165, 1.54) is 0 Å². The SMILES string of the molecule is CCN(CC)CC(N)n1cnc2cc(C(c3ccc(OC(C)C)cc3)[N+](=O)[O-])ccc21. The molecule has 8 heteroatoms. The third-order valence-corrected chi connectivity index (χ3v) is 5.39. The molecule has 0 saturated heterocycles. The van der Waals surface area contributed by atoms with E-state index in [0.29, 0.717) is 28.9 Å². The maximum atomic E-state index is 11.9. The van der Waals surface area contributed by atoms with E-state index >= 15 is 0 Å². The van der Waals surface area contributed by atoms with E-state index in [4.69, 9.17) is 10.5 Å². The number of fused-ring (bicyclic) bond motifs is 1. The molecular weight excluding hydrogens is 394 g/mol. The fourth-order valence-electron chi connectivity index (χ4n) is 3.75. The minimum Gasteiger partial charge on any atom is -0.491 e. The van der Waals surface area contributed by atoms with Gasteiger partial charge in [0.2, 0.25) is 0 Å². The van der Waals surface area contributed by atoms with E-state index in [1.807, 2.05) is 24.5 Å². The quantitative estimate of drug-likeness (QED) is 0.389. The Morgan fingerprint density at radius 2 is 1.77 bits per heavy atom. The van der Waals surface area contributed by atoms with Crippen molar-refractivity contribution in [3.8, 4) is 5.75 Å². The van der Waals surface area contributed by atoms with E-state index in [0.717, 1.165) is 18.6 Å². The molecule has 3 rings (SSSR count). The van der Waals surface area contributed by atoms with Crippen LogP contribution in [0.5, 0.6) is 5.75 Å². The first kappa shape index (κ1) is 22.7. The van der Waals surface area contributed by atoms with Crippen LogP contribution in [0.1, 0.15) is 51.0 Å². The molecular formula is C23H31N5O3. The van der Waals surface area contributed by atoms with Gasteiger partial charge < -0.3 is 19.9 Å². The number of hydrogen-bond acceptors (Lipinski definition) is 6. The van der Waals surface area contributed by atoms with Crippen LogP contribution in [0.25, 0.3) is 11.0 Å². The molecule has 8 nitrogen and oxygen atoms in total. The van der Waals surface area contributed by atoms with E-state index in [-0.39, 0.29) is 17.2 Å². The number of benzene rings is 2. The molecule has 2 unspecified atom stereocenters. The van der Waals surface area contributed by atoms with Crippen LogP contribution in [-0.4, -0.2) is 45.1 Å². The Balaban J connectivity index is 1.89. The number of rotatable bonds is 10. The van der Waals surface area contributed by atoms with Gasteiger partial charge in [-0.15, -0.1) is 0 Å². The molecule has 1 heterocycles. The molecule has 0 saturated carbocycles. The lowest BCUT2D eigenvalue weighted by molar-refractivity contribution is -0.517. The summed E-state index contributed by atoms with van der Waals surface area (Å²) in [6.45, 7) is 10.6. The Hall–Kier alpha value is -2.97. The van der Waals surface area contributed by atoms with Crippen molar-refractivity contribution in [2.24, 2.45) is 5.73 Å². The van der Waals surface area contributed by atoms with Gasteiger partial charge in [0.05, 0.1) is 29.6 Å². The summed E-state index contributed by atoms with van der Waals surface area (Å²) in [6, 6.07) is 11.5. The molecule has 0 spiro atoms. The van der Waals surface area contributed by atoms with Crippen LogP contribution in [0.2, 0.25) is 0 Å². The first-order chi connectivity index (χ1) is 14.8. The van der Waals surface area contributed by atoms with Crippen molar-refractivity contribution in [3.05, 3.63) is 70.0 Å². The fourth-order valence-corrected chi connectivity index (χ4v) is 3.75. The highest BCUT2D eigenvalue weighted by Gasteiger charge is 2.26. The molecule has 166 valence electrons. The van der Waals surface area contributed by atoms with Crippen LogP contribution in [0.4, 0.5) is 0 Å². The maximum Gasteiger partial charge on any atom is 0.263 e. The molecule has 0 aliphatic carbocycles. The monoisotopic (exact) mass is 425 g/mol. The average molecular weight is 426 g/mol. The number of nitro groups is 1. The minimum absolute atomic E-state index is 0.0442. The molecule has 0 aliphatic heterocycles. The van der Waals surface area contributed by atoms with Gasteiger partial charge in [-0.3, -0.25) is 10.1 Å². The molecule has 3 aromatic rings. The number of imidazole rings is 1. The van der Waals surface area contributed by atoms with Crippen LogP contribution in [0, 0.1) is 10.1 Å². The summed E-state index contributed by atoms with van der Waals surface area (Å²) in [5.41, 5.74) is 9.14. The second kappa shape index (κ2) is 9.89. The van der Waals surface area contributed by atoms with E-state index < -0.39 is 6.04 Å². The van der Waals surface area contributed by atoms with Crippen LogP contribution in [0.15, 0.2) is 48.8 Å². The van der Waals surface area contributed by atoms with Crippen molar-refractivity contribution in [1.82, 2.24) is 14.5 Å². The van der Waals surface area contributed by atoms with Crippen molar-refractivity contribution in [2.45, 2.75) is 46.0 Å². The molecule has 0 amide bonds. The molecule has 0 fully saturated rings. The molecule has 0 radical (unpaired) electrons. The lowest BCUT2D eigenvalue weighted by atomic mass is 9.98. The second-order valence-electron chi connectivity index (χ2n) is 7.88. The standard InChI is InChI=1S/C23H31N5O3/c1-5-26(6-2)14-22(24)27-15-25-20-13-18(9-12-21(20)27)23(28(29)30)17-7-10-19(11-8-17)31-16(3)4/h7-13,15-16,22-23H,5-6,14,24H2,1-4H3. The molecule has 1 aromatic heterocycles. The normalized spacial score (nSPS) is 13.6. The van der Waals surface area contributed by atoms with Crippen LogP contribution >= 0.6 is 0 Å². The number of nitrogens with zero attached hydrogens (tertiary/aromatic N) is 4. The highest BCUT2D eigenvalue weighted by atomic mass is 16.6. The number of aromatic nitrogens is 2. The summed E-state index contributed by atoms with van der Waals surface area (Å²) in [5, 5.41) is 11.9. The Kier molecular flexibility index (Phi) is 7.25. The number of ether oxygens (including phenoxy) is 1. The summed E-state index contributed by atoms with van der Waals surface area (Å²) in [7, 11) is 0. The van der Waals surface area contributed by atoms with Crippen LogP contribution < -0.4 is 10.5 Å². The van der Waals surface area contributed by atoms with Crippen molar-refractivity contribution in [2.75, 3.05) is 19.6 Å². The molecule has 2 aromatic carbocycles. The summed E-state index contributed by atoms with van der Waals surface area (Å²) < 4.78 is 7.57. The number of nitrogens with two attached hydrogens (primary N) is 1. The van der Waals surface area contributed by atoms with Gasteiger partial charge in [0, 0.05) is 22.6 Å². The Morgan fingerprint density at radius 1 is 1.13 bits per heavy atom. The van der Waals surface area contributed by atoms with Gasteiger partial charge in [0.15, 0.2) is 0 Å². The van der Waals surface area contributed by atoms with Gasteiger partial charge in [-0.25, -0.2) is 4.98 Å². The third-order valence-electron chi connectivity index (χ3n) is 5.39. The Bertz CT molecular complexity index is 1010. The molecule has 2 N–H and O–H groups in total. The Labute approximate surface area is 182 Å². The zero-order valence-corrected chi connectivity index (χ0v) is 18.6. The van der Waals surface area contributed by atoms with Crippen LogP contribution in [0.3, 0.4) is 0 Å². The molecule has 2 atom stereocenters. The maximum absolute atomic E-state index is 11.9. The topological polar surface area (TPSA) is 99.5 Å². The molecule has 0 aliphatic rings. The lowest BCUT2D eigenvalue weighted by Crippen LogP contribution is -2.34. The summed E-state index contributed by atoms with van der Waals surface area (Å²) in [6.07, 6.45) is 1.51. The smallest absolute Gasteiger partial charge is 0.263 e. The largest absolute Gasteiger partial charge is 0.491 e. The predicted octanol–water partition coefficient (Wildman–Crippen LogP) is 3.99. The van der Waals surface area contributed by atoms with E-state index in [9.17, 15) is 10.1 Å². The first-order valence-electron chi connectivity index (χ1n) is 10.7. The van der Waals surface area contributed by atoms with Crippen molar-refractivity contribution < 1.29 is 9.66 Å². The van der Waals surface area contributed by atoms with Gasteiger partial charge in [-0.2, -0.15) is 0 Å². The van der Waals surface area contributed by atoms with E-state index in [1.54, 1.807) is 42.7 Å². The summed E-state index contributed by atoms with van der Waals surface area (Å²) in [4.78, 5) is 18.4. The highest BCUT2D eigenvalue weighted by Crippen LogP contribution is 2.29.